The average molecular weight is 426 g/mol. The van der Waals surface area contributed by atoms with Crippen LogP contribution >= 0.6 is 46.6 Å². The third-order valence-corrected chi connectivity index (χ3v) is 6.10. The van der Waals surface area contributed by atoms with Gasteiger partial charge in [-0.15, -0.1) is 0 Å². The van der Waals surface area contributed by atoms with E-state index in [2.05, 4.69) is 4.98 Å². The molecule has 7 heteroatoms. The minimum atomic E-state index is -0.460. The normalized spacial score (nSPS) is 13.3. The lowest BCUT2D eigenvalue weighted by molar-refractivity contribution is -0.110. The smallest absolute Gasteiger partial charge is 0.194 e. The largest absolute Gasteiger partial charge is 0.319 e. The molecule has 0 fully saturated rings. The van der Waals surface area contributed by atoms with Crippen LogP contribution in [0.1, 0.15) is 21.9 Å². The number of carbonyl (C=O) groups excluding carboxylic acids is 1. The summed E-state index contributed by atoms with van der Waals surface area (Å²) in [5.41, 5.74) is 1.38. The molecule has 0 aliphatic rings. The van der Waals surface area contributed by atoms with Crippen LogP contribution in [0.2, 0.25) is 10.0 Å². The maximum atomic E-state index is 12.6. The van der Waals surface area contributed by atoms with Crippen LogP contribution in [0.3, 0.4) is 0 Å². The summed E-state index contributed by atoms with van der Waals surface area (Å²) in [5.74, 6) is 0. The van der Waals surface area contributed by atoms with Crippen LogP contribution in [0.4, 0.5) is 0 Å². The van der Waals surface area contributed by atoms with Gasteiger partial charge in [0.2, 0.25) is 0 Å². The minimum Gasteiger partial charge on any atom is -0.319 e. The Morgan fingerprint density at radius 2 is 1.65 bits per heavy atom. The van der Waals surface area contributed by atoms with Crippen LogP contribution in [0.25, 0.3) is 0 Å². The highest BCUT2D eigenvalue weighted by atomic mass is 35.5. The highest BCUT2D eigenvalue weighted by Crippen LogP contribution is 2.42. The first-order valence-electron chi connectivity index (χ1n) is 7.84. The molecule has 0 N–H and O–H groups in total. The molecule has 2 atom stereocenters. The number of halogens is 3. The van der Waals surface area contributed by atoms with Crippen LogP contribution in [0.15, 0.2) is 67.3 Å². The summed E-state index contributed by atoms with van der Waals surface area (Å²) in [6.45, 7) is 0. The Hall–Kier alpha value is -1.46. The molecule has 3 rings (SSSR count). The Labute approximate surface area is 171 Å². The highest BCUT2D eigenvalue weighted by molar-refractivity contribution is 8.13. The molecule has 1 heterocycles. The predicted molar refractivity (Wildman–Crippen MR) is 109 cm³/mol. The maximum Gasteiger partial charge on any atom is 0.194 e. The molecule has 0 saturated carbocycles. The number of thioether (sulfide) groups is 1. The zero-order valence-corrected chi connectivity index (χ0v) is 16.6. The second-order valence-corrected chi connectivity index (χ2v) is 8.17. The molecule has 0 aliphatic carbocycles. The molecular weight excluding hydrogens is 411 g/mol. The molecule has 134 valence electrons. The second kappa shape index (κ2) is 8.96. The summed E-state index contributed by atoms with van der Waals surface area (Å²) < 4.78 is 1.78. The number of nitrogens with zero attached hydrogens (tertiary/aromatic N) is 2. The topological polar surface area (TPSA) is 34.9 Å². The summed E-state index contributed by atoms with van der Waals surface area (Å²) in [6, 6.07) is 14.6. The Kier molecular flexibility index (Phi) is 6.65. The van der Waals surface area contributed by atoms with Crippen molar-refractivity contribution in [1.29, 1.82) is 0 Å². The average Bonchev–Trinajstić information content (AvgIpc) is 3.17. The molecule has 3 nitrogen and oxygen atoms in total. The summed E-state index contributed by atoms with van der Waals surface area (Å²) in [4.78, 5) is 16.7. The zero-order valence-electron chi connectivity index (χ0n) is 13.6. The van der Waals surface area contributed by atoms with Gasteiger partial charge in [0, 0.05) is 28.9 Å². The van der Waals surface area contributed by atoms with Gasteiger partial charge in [-0.1, -0.05) is 70.8 Å². The van der Waals surface area contributed by atoms with E-state index in [-0.39, 0.29) is 10.4 Å². The molecule has 26 heavy (non-hydrogen) atoms. The molecule has 0 saturated heterocycles. The quantitative estimate of drug-likeness (QED) is 0.443. The van der Waals surface area contributed by atoms with Crippen molar-refractivity contribution in [2.45, 2.75) is 17.2 Å². The van der Waals surface area contributed by atoms with Crippen LogP contribution in [-0.4, -0.2) is 14.7 Å². The van der Waals surface area contributed by atoms with Crippen LogP contribution in [0.5, 0.6) is 0 Å². The van der Waals surface area contributed by atoms with Crippen molar-refractivity contribution >= 4 is 51.7 Å². The van der Waals surface area contributed by atoms with Crippen molar-refractivity contribution in [2.75, 3.05) is 0 Å². The first kappa shape index (κ1) is 19.3. The highest BCUT2D eigenvalue weighted by Gasteiger charge is 2.26. The van der Waals surface area contributed by atoms with E-state index < -0.39 is 5.50 Å². The fraction of sp³-hybridized carbons (Fsp3) is 0.158. The number of carbonyl (C=O) groups is 1. The molecule has 0 spiro atoms. The monoisotopic (exact) mass is 424 g/mol. The molecule has 0 aliphatic heterocycles. The van der Waals surface area contributed by atoms with Gasteiger partial charge in [0.15, 0.2) is 5.12 Å². The molecule has 2 unspecified atom stereocenters. The third kappa shape index (κ3) is 5.04. The van der Waals surface area contributed by atoms with E-state index in [4.69, 9.17) is 34.8 Å². The predicted octanol–water partition coefficient (Wildman–Crippen LogP) is 6.17. The summed E-state index contributed by atoms with van der Waals surface area (Å²) in [6.07, 6.45) is 5.39. The number of benzene rings is 2. The van der Waals surface area contributed by atoms with Crippen molar-refractivity contribution in [1.82, 2.24) is 9.55 Å². The van der Waals surface area contributed by atoms with Crippen molar-refractivity contribution < 1.29 is 4.79 Å². The van der Waals surface area contributed by atoms with Gasteiger partial charge < -0.3 is 4.57 Å². The Morgan fingerprint density at radius 3 is 2.23 bits per heavy atom. The van der Waals surface area contributed by atoms with E-state index in [9.17, 15) is 4.79 Å². The summed E-state index contributed by atoms with van der Waals surface area (Å²) in [5, 5.41) is 1.04. The molecule has 0 radical (unpaired) electrons. The van der Waals surface area contributed by atoms with Gasteiger partial charge in [-0.05, 0) is 35.4 Å². The Morgan fingerprint density at radius 1 is 1.04 bits per heavy atom. The lowest BCUT2D eigenvalue weighted by Gasteiger charge is -2.22. The number of alkyl halides is 1. The Balaban J connectivity index is 1.79. The number of hydrogen-bond acceptors (Lipinski definition) is 3. The molecule has 1 aromatic heterocycles. The number of hydrogen-bond donors (Lipinski definition) is 0. The second-order valence-electron chi connectivity index (χ2n) is 5.65. The van der Waals surface area contributed by atoms with E-state index in [0.717, 1.165) is 11.1 Å². The van der Waals surface area contributed by atoms with Crippen molar-refractivity contribution in [3.8, 4) is 0 Å². The van der Waals surface area contributed by atoms with Gasteiger partial charge in [-0.25, -0.2) is 4.98 Å². The van der Waals surface area contributed by atoms with Gasteiger partial charge in [0.05, 0.1) is 11.6 Å². The van der Waals surface area contributed by atoms with Gasteiger partial charge >= 0.3 is 0 Å². The van der Waals surface area contributed by atoms with Gasteiger partial charge in [-0.2, -0.15) is 0 Å². The first-order chi connectivity index (χ1) is 12.5. The van der Waals surface area contributed by atoms with Crippen molar-refractivity contribution in [2.24, 2.45) is 0 Å². The van der Waals surface area contributed by atoms with Crippen LogP contribution in [0, 0.1) is 0 Å². The zero-order chi connectivity index (χ0) is 18.5. The van der Waals surface area contributed by atoms with E-state index in [1.165, 1.54) is 11.8 Å². The van der Waals surface area contributed by atoms with E-state index in [0.29, 0.717) is 16.5 Å². The van der Waals surface area contributed by atoms with Crippen LogP contribution < -0.4 is 0 Å². The maximum absolute atomic E-state index is 12.6. The van der Waals surface area contributed by atoms with E-state index >= 15 is 0 Å². The molecular formula is C19H15Cl3N2OS. The van der Waals surface area contributed by atoms with E-state index in [1.807, 2.05) is 24.3 Å². The standard InChI is InChI=1S/C19H15Cl3N2OS/c20-15-5-1-13(2-6-15)11-17(25)26-18(14-3-7-16(21)8-4-14)19(22)24-10-9-23-12-24/h1-10,12,18-19H,11H2. The van der Waals surface area contributed by atoms with Gasteiger partial charge in [-0.3, -0.25) is 4.79 Å². The lowest BCUT2D eigenvalue weighted by Crippen LogP contribution is -2.12. The SMILES string of the molecule is O=C(Cc1ccc(Cl)cc1)SC(c1ccc(Cl)cc1)C(Cl)n1ccnc1. The summed E-state index contributed by atoms with van der Waals surface area (Å²) in [7, 11) is 0. The van der Waals surface area contributed by atoms with Gasteiger partial charge in [0.25, 0.3) is 0 Å². The number of aromatic nitrogens is 2. The Bertz CT molecular complexity index is 852. The van der Waals surface area contributed by atoms with Crippen molar-refractivity contribution in [3.63, 3.8) is 0 Å². The molecule has 0 bridgehead atoms. The first-order valence-corrected chi connectivity index (χ1v) is 9.91. The minimum absolute atomic E-state index is 0.0260. The lowest BCUT2D eigenvalue weighted by atomic mass is 10.1. The number of rotatable bonds is 6. The van der Waals surface area contributed by atoms with Gasteiger partial charge in [0.1, 0.15) is 5.50 Å². The fourth-order valence-electron chi connectivity index (χ4n) is 2.46. The summed E-state index contributed by atoms with van der Waals surface area (Å²) >= 11 is 19.8. The van der Waals surface area contributed by atoms with Crippen LogP contribution in [-0.2, 0) is 11.2 Å². The van der Waals surface area contributed by atoms with E-state index in [1.54, 1.807) is 47.6 Å². The molecule has 3 aromatic rings. The van der Waals surface area contributed by atoms with Crippen molar-refractivity contribution in [3.05, 3.63) is 88.4 Å². The molecule has 2 aromatic carbocycles. The third-order valence-electron chi connectivity index (χ3n) is 3.78. The molecule has 0 amide bonds. The fourth-order valence-corrected chi connectivity index (χ4v) is 4.21. The number of imidazole rings is 1.